The highest BCUT2D eigenvalue weighted by molar-refractivity contribution is 6.33. The first kappa shape index (κ1) is 16.3. The van der Waals surface area contributed by atoms with E-state index < -0.39 is 0 Å². The largest absolute Gasteiger partial charge is 0.452 e. The average Bonchev–Trinajstić information content (AvgIpc) is 3.51. The van der Waals surface area contributed by atoms with Crippen LogP contribution in [0.2, 0.25) is 0 Å². The van der Waals surface area contributed by atoms with Crippen LogP contribution in [-0.2, 0) is 0 Å². The van der Waals surface area contributed by atoms with E-state index in [0.717, 1.165) is 49.2 Å². The molecular formula is C26H13N3O2. The number of hydrogen-bond donors (Lipinski definition) is 1. The summed E-state index contributed by atoms with van der Waals surface area (Å²) in [5, 5.41) is 13.4. The number of aromatic amines is 1. The van der Waals surface area contributed by atoms with Crippen molar-refractivity contribution in [3.63, 3.8) is 0 Å². The molecule has 0 aliphatic rings. The third-order valence-electron chi connectivity index (χ3n) is 5.88. The second kappa shape index (κ2) is 5.74. The SMILES string of the molecule is N#Cc1ccc(-c2nc3c4[nH]c5ccccc5c4c4c5ccccc5oc4c3o2)cc1. The number of nitriles is 1. The van der Waals surface area contributed by atoms with Gasteiger partial charge in [-0.3, -0.25) is 0 Å². The molecule has 4 aromatic carbocycles. The van der Waals surface area contributed by atoms with Crippen LogP contribution in [-0.4, -0.2) is 9.97 Å². The second-order valence-corrected chi connectivity index (χ2v) is 7.61. The Labute approximate surface area is 175 Å². The fraction of sp³-hybridized carbons (Fsp3) is 0. The lowest BCUT2D eigenvalue weighted by atomic mass is 10.0. The smallest absolute Gasteiger partial charge is 0.227 e. The topological polar surface area (TPSA) is 78.8 Å². The molecule has 0 unspecified atom stereocenters. The van der Waals surface area contributed by atoms with Gasteiger partial charge in [0.25, 0.3) is 0 Å². The van der Waals surface area contributed by atoms with Gasteiger partial charge in [0.2, 0.25) is 11.5 Å². The Bertz CT molecular complexity index is 1740. The number of H-pyrrole nitrogens is 1. The summed E-state index contributed by atoms with van der Waals surface area (Å²) in [6, 6.07) is 25.6. The zero-order valence-electron chi connectivity index (χ0n) is 16.1. The maximum absolute atomic E-state index is 9.08. The number of benzene rings is 4. The molecule has 7 aromatic rings. The summed E-state index contributed by atoms with van der Waals surface area (Å²) in [5.41, 5.74) is 6.23. The molecule has 31 heavy (non-hydrogen) atoms. The summed E-state index contributed by atoms with van der Waals surface area (Å²) in [7, 11) is 0. The lowest BCUT2D eigenvalue weighted by Gasteiger charge is -1.96. The predicted octanol–water partition coefficient (Wildman–Crippen LogP) is 6.90. The monoisotopic (exact) mass is 399 g/mol. The van der Waals surface area contributed by atoms with E-state index in [0.29, 0.717) is 22.6 Å². The van der Waals surface area contributed by atoms with E-state index in [4.69, 9.17) is 19.1 Å². The van der Waals surface area contributed by atoms with Crippen LogP contribution in [0.3, 0.4) is 0 Å². The summed E-state index contributed by atoms with van der Waals surface area (Å²) in [4.78, 5) is 8.38. The standard InChI is InChI=1S/C26H13N3O2/c27-13-14-9-11-15(12-10-14)26-29-23-22-20(16-5-1-3-7-18(16)28-22)21-17-6-2-4-8-19(17)30-24(21)25(23)31-26/h1-12,28H. The molecular weight excluding hydrogens is 386 g/mol. The molecule has 0 aliphatic heterocycles. The molecule has 3 aromatic heterocycles. The van der Waals surface area contributed by atoms with E-state index in [-0.39, 0.29) is 0 Å². The number of nitrogens with zero attached hydrogens (tertiary/aromatic N) is 2. The minimum atomic E-state index is 0.493. The molecule has 1 N–H and O–H groups in total. The minimum absolute atomic E-state index is 0.493. The Morgan fingerprint density at radius 1 is 0.774 bits per heavy atom. The van der Waals surface area contributed by atoms with E-state index in [1.54, 1.807) is 12.1 Å². The van der Waals surface area contributed by atoms with Crippen LogP contribution in [0.25, 0.3) is 66.3 Å². The Morgan fingerprint density at radius 2 is 1.55 bits per heavy atom. The van der Waals surface area contributed by atoms with Gasteiger partial charge in [-0.2, -0.15) is 5.26 Å². The summed E-state index contributed by atoms with van der Waals surface area (Å²) in [6.07, 6.45) is 0. The molecule has 0 spiro atoms. The molecule has 0 saturated heterocycles. The van der Waals surface area contributed by atoms with Crippen LogP contribution < -0.4 is 0 Å². The van der Waals surface area contributed by atoms with Crippen LogP contribution in [0.4, 0.5) is 0 Å². The maximum atomic E-state index is 9.08. The van der Waals surface area contributed by atoms with Crippen molar-refractivity contribution in [2.45, 2.75) is 0 Å². The summed E-state index contributed by atoms with van der Waals surface area (Å²) in [5.74, 6) is 0.493. The number of nitrogens with one attached hydrogen (secondary N) is 1. The lowest BCUT2D eigenvalue weighted by molar-refractivity contribution is 0.604. The van der Waals surface area contributed by atoms with Crippen LogP contribution in [0.5, 0.6) is 0 Å². The van der Waals surface area contributed by atoms with Gasteiger partial charge >= 0.3 is 0 Å². The van der Waals surface area contributed by atoms with Crippen LogP contribution in [0.1, 0.15) is 5.56 Å². The van der Waals surface area contributed by atoms with Gasteiger partial charge in [-0.1, -0.05) is 36.4 Å². The Morgan fingerprint density at radius 3 is 2.39 bits per heavy atom. The van der Waals surface area contributed by atoms with Gasteiger partial charge in [-0.05, 0) is 36.4 Å². The van der Waals surface area contributed by atoms with E-state index >= 15 is 0 Å². The van der Waals surface area contributed by atoms with Crippen LogP contribution >= 0.6 is 0 Å². The van der Waals surface area contributed by atoms with Crippen molar-refractivity contribution in [1.29, 1.82) is 5.26 Å². The minimum Gasteiger partial charge on any atom is -0.452 e. The predicted molar refractivity (Wildman–Crippen MR) is 121 cm³/mol. The fourth-order valence-electron chi connectivity index (χ4n) is 4.49. The van der Waals surface area contributed by atoms with E-state index in [2.05, 4.69) is 29.3 Å². The molecule has 0 saturated carbocycles. The fourth-order valence-corrected chi connectivity index (χ4v) is 4.49. The van der Waals surface area contributed by atoms with Gasteiger partial charge in [0, 0.05) is 32.6 Å². The summed E-state index contributed by atoms with van der Waals surface area (Å²) in [6.45, 7) is 0. The number of aromatic nitrogens is 2. The third-order valence-corrected chi connectivity index (χ3v) is 5.88. The van der Waals surface area contributed by atoms with Crippen LogP contribution in [0, 0.1) is 11.3 Å². The molecule has 144 valence electrons. The van der Waals surface area contributed by atoms with Gasteiger partial charge in [0.15, 0.2) is 5.58 Å². The molecule has 0 aliphatic carbocycles. The first-order valence-corrected chi connectivity index (χ1v) is 9.96. The van der Waals surface area contributed by atoms with E-state index in [9.17, 15) is 0 Å². The first-order chi connectivity index (χ1) is 15.3. The maximum Gasteiger partial charge on any atom is 0.227 e. The molecule has 5 heteroatoms. The molecule has 3 heterocycles. The third kappa shape index (κ3) is 2.11. The number of oxazole rings is 1. The van der Waals surface area contributed by atoms with Gasteiger partial charge < -0.3 is 13.8 Å². The lowest BCUT2D eigenvalue weighted by Crippen LogP contribution is -1.79. The molecule has 0 bridgehead atoms. The highest BCUT2D eigenvalue weighted by atomic mass is 16.4. The number of rotatable bonds is 1. The second-order valence-electron chi connectivity index (χ2n) is 7.61. The van der Waals surface area contributed by atoms with Gasteiger partial charge in [0.05, 0.1) is 17.1 Å². The zero-order chi connectivity index (χ0) is 20.5. The quantitative estimate of drug-likeness (QED) is 0.326. The van der Waals surface area contributed by atoms with Gasteiger partial charge in [-0.15, -0.1) is 0 Å². The van der Waals surface area contributed by atoms with E-state index in [1.807, 2.05) is 42.5 Å². The Kier molecular flexibility index (Phi) is 3.01. The number of furan rings is 1. The van der Waals surface area contributed by atoms with Gasteiger partial charge in [-0.25, -0.2) is 4.98 Å². The number of hydrogen-bond acceptors (Lipinski definition) is 4. The van der Waals surface area contributed by atoms with Crippen molar-refractivity contribution in [2.24, 2.45) is 0 Å². The van der Waals surface area contributed by atoms with Crippen molar-refractivity contribution in [3.05, 3.63) is 78.4 Å². The molecule has 0 fully saturated rings. The first-order valence-electron chi connectivity index (χ1n) is 9.96. The zero-order valence-corrected chi connectivity index (χ0v) is 16.1. The summed E-state index contributed by atoms with van der Waals surface area (Å²) >= 11 is 0. The highest BCUT2D eigenvalue weighted by Gasteiger charge is 2.23. The molecule has 0 amide bonds. The van der Waals surface area contributed by atoms with Gasteiger partial charge in [0.1, 0.15) is 11.1 Å². The Hall–Kier alpha value is -4.56. The Balaban J connectivity index is 1.69. The molecule has 0 atom stereocenters. The van der Waals surface area contributed by atoms with Crippen molar-refractivity contribution in [1.82, 2.24) is 9.97 Å². The highest BCUT2D eigenvalue weighted by Crippen LogP contribution is 2.44. The average molecular weight is 399 g/mol. The number of fused-ring (bicyclic) bond motifs is 10. The van der Waals surface area contributed by atoms with Crippen molar-refractivity contribution in [3.8, 4) is 17.5 Å². The van der Waals surface area contributed by atoms with Crippen molar-refractivity contribution in [2.75, 3.05) is 0 Å². The van der Waals surface area contributed by atoms with E-state index in [1.165, 1.54) is 0 Å². The van der Waals surface area contributed by atoms with Crippen LogP contribution in [0.15, 0.2) is 81.6 Å². The normalized spacial score (nSPS) is 11.8. The van der Waals surface area contributed by atoms with Crippen molar-refractivity contribution >= 4 is 54.8 Å². The molecule has 7 rings (SSSR count). The molecule has 5 nitrogen and oxygen atoms in total. The van der Waals surface area contributed by atoms with Crippen molar-refractivity contribution < 1.29 is 8.83 Å². The summed E-state index contributed by atoms with van der Waals surface area (Å²) < 4.78 is 12.6. The molecule has 0 radical (unpaired) electrons. The number of para-hydroxylation sites is 2.